The minimum absolute atomic E-state index is 0.160. The quantitative estimate of drug-likeness (QED) is 0.0679. The number of pyridine rings is 3. The second-order valence-corrected chi connectivity index (χ2v) is 18.4. The predicted molar refractivity (Wildman–Crippen MR) is 299 cm³/mol. The van der Waals surface area contributed by atoms with E-state index in [0.29, 0.717) is 102 Å². The summed E-state index contributed by atoms with van der Waals surface area (Å²) in [6, 6.07) is 26.8. The Bertz CT molecular complexity index is 3580. The third kappa shape index (κ3) is 12.9. The Morgan fingerprint density at radius 3 is 1.34 bits per heavy atom. The average molecular weight is 1080 g/mol. The molecule has 6 aromatic heterocycles. The lowest BCUT2D eigenvalue weighted by Crippen LogP contribution is -2.37. The number of nitrogens with zero attached hydrogens (tertiary/aromatic N) is 14. The standard InChI is InChI=1S/C20H20N4O4.2C19H17N5O2/c1-26-13-28-16-4-2-3-15(10-16)19-22-17-9-14(12-25)11-21-18(17)20(23-19)24-5-7-27-8-6-24;2*1-20-11-13-9-16-17(21-12-13)19(24-5-7-26-8-6-24)23-18(22-16)14-3-2-4-15(25)10-14/h2-4,9-12H,5-8,13H2,1H3;2*2-4,9-10,12,25H,5-8,11H2. The fourth-order valence-electron chi connectivity index (χ4n) is 9.04. The van der Waals surface area contributed by atoms with Gasteiger partial charge in [0.2, 0.25) is 13.1 Å². The second-order valence-electron chi connectivity index (χ2n) is 18.4. The van der Waals surface area contributed by atoms with E-state index < -0.39 is 0 Å². The van der Waals surface area contributed by atoms with E-state index in [-0.39, 0.29) is 31.4 Å². The van der Waals surface area contributed by atoms with Crippen LogP contribution in [0.1, 0.15) is 21.5 Å². The van der Waals surface area contributed by atoms with Crippen molar-refractivity contribution in [2.45, 2.75) is 13.1 Å². The second kappa shape index (κ2) is 25.7. The molecule has 9 heterocycles. The van der Waals surface area contributed by atoms with Gasteiger partial charge in [-0.15, -0.1) is 0 Å². The van der Waals surface area contributed by atoms with E-state index in [1.54, 1.807) is 68.2 Å². The summed E-state index contributed by atoms with van der Waals surface area (Å²) in [7, 11) is 1.57. The van der Waals surface area contributed by atoms with Gasteiger partial charge in [-0.2, -0.15) is 0 Å². The van der Waals surface area contributed by atoms with Gasteiger partial charge in [-0.1, -0.05) is 36.4 Å². The van der Waals surface area contributed by atoms with Crippen LogP contribution in [0.25, 0.3) is 77.0 Å². The molecular weight excluding hydrogens is 1020 g/mol. The third-order valence-electron chi connectivity index (χ3n) is 12.9. The van der Waals surface area contributed by atoms with Crippen molar-refractivity contribution in [3.8, 4) is 51.4 Å². The van der Waals surface area contributed by atoms with Crippen LogP contribution in [-0.2, 0) is 32.0 Å². The topological polar surface area (TPSA) is 238 Å². The molecule has 22 heteroatoms. The number of phenolic OH excluding ortho intramolecular Hbond substituents is 2. The number of morpholine rings is 3. The molecule has 9 aromatic rings. The molecule has 3 aliphatic heterocycles. The molecular formula is C58H54N14O8. The van der Waals surface area contributed by atoms with Gasteiger partial charge in [-0.05, 0) is 54.6 Å². The summed E-state index contributed by atoms with van der Waals surface area (Å²) in [4.78, 5) is 66.2. The summed E-state index contributed by atoms with van der Waals surface area (Å²) in [5.41, 5.74) is 8.50. The number of rotatable bonds is 12. The predicted octanol–water partition coefficient (Wildman–Crippen LogP) is 7.63. The number of hydrogen-bond donors (Lipinski definition) is 2. The van der Waals surface area contributed by atoms with Crippen LogP contribution in [0.4, 0.5) is 17.5 Å². The van der Waals surface area contributed by atoms with E-state index in [2.05, 4.69) is 54.3 Å². The zero-order valence-electron chi connectivity index (χ0n) is 43.7. The van der Waals surface area contributed by atoms with E-state index in [9.17, 15) is 15.0 Å². The smallest absolute Gasteiger partial charge is 0.241 e. The maximum atomic E-state index is 11.2. The van der Waals surface area contributed by atoms with E-state index in [4.69, 9.17) is 51.8 Å². The van der Waals surface area contributed by atoms with Gasteiger partial charge < -0.3 is 58.3 Å². The Morgan fingerprint density at radius 1 is 0.537 bits per heavy atom. The summed E-state index contributed by atoms with van der Waals surface area (Å²) in [5.74, 6) is 4.84. The van der Waals surface area contributed by atoms with Crippen LogP contribution in [0.3, 0.4) is 0 Å². The van der Waals surface area contributed by atoms with Crippen LogP contribution in [0.5, 0.6) is 17.2 Å². The van der Waals surface area contributed by atoms with Crippen LogP contribution >= 0.6 is 0 Å². The number of ether oxygens (including phenoxy) is 5. The van der Waals surface area contributed by atoms with Gasteiger partial charge in [0.1, 0.15) is 33.8 Å². The van der Waals surface area contributed by atoms with E-state index in [0.717, 1.165) is 90.8 Å². The lowest BCUT2D eigenvalue weighted by Gasteiger charge is -2.28. The average Bonchev–Trinajstić information content (AvgIpc) is 3.58. The van der Waals surface area contributed by atoms with Crippen molar-refractivity contribution in [3.05, 3.63) is 149 Å². The molecule has 0 aliphatic carbocycles. The van der Waals surface area contributed by atoms with Crippen molar-refractivity contribution in [1.29, 1.82) is 0 Å². The first-order valence-electron chi connectivity index (χ1n) is 25.7. The zero-order chi connectivity index (χ0) is 55.2. The lowest BCUT2D eigenvalue weighted by atomic mass is 10.2. The largest absolute Gasteiger partial charge is 0.508 e. The molecule has 12 rings (SSSR count). The zero-order valence-corrected chi connectivity index (χ0v) is 43.7. The molecule has 2 N–H and O–H groups in total. The number of anilines is 3. The van der Waals surface area contributed by atoms with Gasteiger partial charge in [-0.25, -0.2) is 48.0 Å². The molecule has 3 aliphatic rings. The number of aromatic hydroxyl groups is 2. The maximum absolute atomic E-state index is 11.2. The number of methoxy groups -OCH3 is 1. The number of benzene rings is 3. The lowest BCUT2D eigenvalue weighted by molar-refractivity contribution is 0.0511. The van der Waals surface area contributed by atoms with Crippen LogP contribution in [0, 0.1) is 13.1 Å². The van der Waals surface area contributed by atoms with E-state index in [1.807, 2.05) is 48.5 Å². The van der Waals surface area contributed by atoms with Gasteiger partial charge in [0, 0.05) is 87.2 Å². The number of hydrogen-bond acceptors (Lipinski definition) is 20. The number of carbonyl (C=O) groups excluding carboxylic acids is 1. The minimum atomic E-state index is 0.160. The SMILES string of the molecule is COCOc1cccc(-c2nc(N3CCOCC3)c3ncc(C=O)cc3n2)c1.[C-]#[N+]Cc1cnc2c(N3CCOCC3)nc(-c3cccc(O)c3)nc2c1.[C-]#[N+]Cc1cnc2c(N3CCOCC3)nc(-c3cccc(O)c3)nc2c1. The summed E-state index contributed by atoms with van der Waals surface area (Å²) >= 11 is 0. The number of aldehydes is 1. The molecule has 0 unspecified atom stereocenters. The fraction of sp³-hybridized carbons (Fsp3) is 0.276. The van der Waals surface area contributed by atoms with Crippen LogP contribution in [0.15, 0.2) is 110 Å². The molecule has 3 fully saturated rings. The monoisotopic (exact) mass is 1070 g/mol. The Hall–Kier alpha value is -9.58. The molecule has 0 saturated carbocycles. The molecule has 3 aromatic carbocycles. The van der Waals surface area contributed by atoms with Gasteiger partial charge in [-0.3, -0.25) is 14.8 Å². The van der Waals surface area contributed by atoms with Crippen molar-refractivity contribution in [2.24, 2.45) is 0 Å². The number of carbonyl (C=O) groups is 1. The first-order chi connectivity index (χ1) is 39.3. The molecule has 0 amide bonds. The third-order valence-corrected chi connectivity index (χ3v) is 12.9. The summed E-state index contributed by atoms with van der Waals surface area (Å²) in [6.07, 6.45) is 5.73. The van der Waals surface area contributed by atoms with Crippen molar-refractivity contribution < 1.29 is 38.7 Å². The summed E-state index contributed by atoms with van der Waals surface area (Å²) in [5, 5.41) is 19.6. The molecule has 0 spiro atoms. The Labute approximate surface area is 459 Å². The van der Waals surface area contributed by atoms with Crippen molar-refractivity contribution >= 4 is 56.8 Å². The van der Waals surface area contributed by atoms with Crippen molar-refractivity contribution in [2.75, 3.05) is 108 Å². The van der Waals surface area contributed by atoms with Crippen LogP contribution in [0.2, 0.25) is 0 Å². The van der Waals surface area contributed by atoms with Gasteiger partial charge in [0.15, 0.2) is 48.0 Å². The Kier molecular flexibility index (Phi) is 17.3. The van der Waals surface area contributed by atoms with E-state index >= 15 is 0 Å². The fourth-order valence-corrected chi connectivity index (χ4v) is 9.04. The van der Waals surface area contributed by atoms with Crippen molar-refractivity contribution in [1.82, 2.24) is 44.9 Å². The van der Waals surface area contributed by atoms with Gasteiger partial charge >= 0.3 is 0 Å². The minimum Gasteiger partial charge on any atom is -0.508 e. The molecule has 0 radical (unpaired) electrons. The highest BCUT2D eigenvalue weighted by molar-refractivity contribution is 5.92. The highest BCUT2D eigenvalue weighted by Crippen LogP contribution is 2.32. The number of phenols is 2. The molecule has 0 atom stereocenters. The molecule has 3 saturated heterocycles. The summed E-state index contributed by atoms with van der Waals surface area (Å²) in [6.45, 7) is 23.0. The van der Waals surface area contributed by atoms with Gasteiger partial charge in [0.25, 0.3) is 0 Å². The molecule has 0 bridgehead atoms. The van der Waals surface area contributed by atoms with E-state index in [1.165, 1.54) is 0 Å². The first kappa shape index (κ1) is 53.8. The van der Waals surface area contributed by atoms with Crippen LogP contribution in [-0.4, -0.2) is 154 Å². The van der Waals surface area contributed by atoms with Gasteiger partial charge in [0.05, 0.1) is 67.3 Å². The first-order valence-corrected chi connectivity index (χ1v) is 25.7. The number of aromatic nitrogens is 9. The number of fused-ring (bicyclic) bond motifs is 3. The Balaban J connectivity index is 0.000000135. The molecule has 22 nitrogen and oxygen atoms in total. The summed E-state index contributed by atoms with van der Waals surface area (Å²) < 4.78 is 26.8. The highest BCUT2D eigenvalue weighted by Gasteiger charge is 2.23. The molecule has 404 valence electrons. The normalized spacial score (nSPS) is 14.3. The molecule has 80 heavy (non-hydrogen) atoms. The maximum Gasteiger partial charge on any atom is 0.241 e. The van der Waals surface area contributed by atoms with Crippen LogP contribution < -0.4 is 19.4 Å². The Morgan fingerprint density at radius 2 is 0.938 bits per heavy atom. The van der Waals surface area contributed by atoms with Crippen molar-refractivity contribution in [3.63, 3.8) is 0 Å². The highest BCUT2D eigenvalue weighted by atomic mass is 16.7.